The Labute approximate surface area is 122 Å². The fraction of sp³-hybridized carbons (Fsp3) is 0.692. The molecule has 2 amide bonds. The molecular formula is C13H20N2O6. The summed E-state index contributed by atoms with van der Waals surface area (Å²) < 4.78 is 4.69. The van der Waals surface area contributed by atoms with E-state index in [9.17, 15) is 19.2 Å². The number of rotatable bonds is 7. The summed E-state index contributed by atoms with van der Waals surface area (Å²) >= 11 is 0. The summed E-state index contributed by atoms with van der Waals surface area (Å²) in [4.78, 5) is 46.9. The van der Waals surface area contributed by atoms with Gasteiger partial charge in [-0.1, -0.05) is 0 Å². The number of likely N-dealkylation sites (tertiary alicyclic amines) is 1. The second kappa shape index (κ2) is 8.23. The van der Waals surface area contributed by atoms with Crippen molar-refractivity contribution in [3.05, 3.63) is 0 Å². The molecule has 0 aromatic heterocycles. The van der Waals surface area contributed by atoms with Crippen LogP contribution >= 0.6 is 0 Å². The van der Waals surface area contributed by atoms with Crippen LogP contribution in [0, 0.1) is 0 Å². The molecular weight excluding hydrogens is 280 g/mol. The first-order valence-corrected chi connectivity index (χ1v) is 6.90. The van der Waals surface area contributed by atoms with Gasteiger partial charge in [0.25, 0.3) is 0 Å². The Morgan fingerprint density at radius 3 is 2.62 bits per heavy atom. The van der Waals surface area contributed by atoms with Crippen molar-refractivity contribution in [3.63, 3.8) is 0 Å². The van der Waals surface area contributed by atoms with Gasteiger partial charge in [-0.05, 0) is 19.8 Å². The van der Waals surface area contributed by atoms with E-state index in [1.165, 1.54) is 4.90 Å². The third kappa shape index (κ3) is 5.41. The molecule has 1 fully saturated rings. The monoisotopic (exact) mass is 300 g/mol. The molecule has 1 saturated heterocycles. The van der Waals surface area contributed by atoms with Crippen molar-refractivity contribution in [3.8, 4) is 0 Å². The van der Waals surface area contributed by atoms with Crippen LogP contribution in [0.25, 0.3) is 0 Å². The summed E-state index contributed by atoms with van der Waals surface area (Å²) in [5, 5.41) is 11.0. The van der Waals surface area contributed by atoms with E-state index in [2.05, 4.69) is 5.32 Å². The summed E-state index contributed by atoms with van der Waals surface area (Å²) in [7, 11) is 0. The Hall–Kier alpha value is -2.12. The van der Waals surface area contributed by atoms with Crippen LogP contribution in [0.2, 0.25) is 0 Å². The number of carbonyl (C=O) groups is 4. The predicted molar refractivity (Wildman–Crippen MR) is 71.2 cm³/mol. The van der Waals surface area contributed by atoms with Gasteiger partial charge in [0.05, 0.1) is 13.0 Å². The quantitative estimate of drug-likeness (QED) is 0.614. The fourth-order valence-corrected chi connectivity index (χ4v) is 2.18. The molecule has 118 valence electrons. The minimum Gasteiger partial charge on any atom is -0.481 e. The molecule has 1 unspecified atom stereocenters. The molecule has 1 aliphatic rings. The summed E-state index contributed by atoms with van der Waals surface area (Å²) in [6.45, 7) is 2.09. The van der Waals surface area contributed by atoms with Gasteiger partial charge in [-0.2, -0.15) is 0 Å². The smallest absolute Gasteiger partial charge is 0.325 e. The fourth-order valence-electron chi connectivity index (χ4n) is 2.18. The van der Waals surface area contributed by atoms with Gasteiger partial charge in [0.15, 0.2) is 0 Å². The minimum absolute atomic E-state index is 0.128. The summed E-state index contributed by atoms with van der Waals surface area (Å²) in [5.41, 5.74) is 0. The van der Waals surface area contributed by atoms with Crippen molar-refractivity contribution in [2.45, 2.75) is 38.6 Å². The number of aliphatic carboxylic acids is 1. The minimum atomic E-state index is -1.05. The maximum absolute atomic E-state index is 12.0. The molecule has 0 aromatic carbocycles. The number of carbonyl (C=O) groups excluding carboxylic acids is 3. The van der Waals surface area contributed by atoms with Crippen molar-refractivity contribution in [2.24, 2.45) is 0 Å². The lowest BCUT2D eigenvalue weighted by Crippen LogP contribution is -2.47. The highest BCUT2D eigenvalue weighted by molar-refractivity contribution is 5.90. The highest BCUT2D eigenvalue weighted by atomic mass is 16.5. The average molecular weight is 300 g/mol. The van der Waals surface area contributed by atoms with Crippen molar-refractivity contribution in [2.75, 3.05) is 19.7 Å². The van der Waals surface area contributed by atoms with Crippen LogP contribution in [0.3, 0.4) is 0 Å². The zero-order valence-electron chi connectivity index (χ0n) is 12.0. The van der Waals surface area contributed by atoms with Crippen molar-refractivity contribution in [1.82, 2.24) is 10.2 Å². The Balaban J connectivity index is 2.48. The maximum atomic E-state index is 12.0. The maximum Gasteiger partial charge on any atom is 0.325 e. The van der Waals surface area contributed by atoms with Gasteiger partial charge in [0, 0.05) is 13.0 Å². The molecule has 2 N–H and O–H groups in total. The number of hydrogen-bond acceptors (Lipinski definition) is 5. The summed E-state index contributed by atoms with van der Waals surface area (Å²) in [6.07, 6.45) is 0.799. The number of ether oxygens (including phenoxy) is 1. The molecule has 21 heavy (non-hydrogen) atoms. The molecule has 1 atom stereocenters. The Kier molecular flexibility index (Phi) is 6.64. The molecule has 0 aliphatic carbocycles. The van der Waals surface area contributed by atoms with Crippen LogP contribution < -0.4 is 5.32 Å². The SMILES string of the molecule is CCOC(=O)CNC(=O)C1CCCN1C(=O)CCC(=O)O. The highest BCUT2D eigenvalue weighted by Crippen LogP contribution is 2.18. The molecule has 1 rings (SSSR count). The molecule has 0 bridgehead atoms. The first kappa shape index (κ1) is 16.9. The third-order valence-corrected chi connectivity index (χ3v) is 3.14. The van der Waals surface area contributed by atoms with Crippen LogP contribution in [0.4, 0.5) is 0 Å². The number of hydrogen-bond donors (Lipinski definition) is 2. The molecule has 1 heterocycles. The van der Waals surface area contributed by atoms with Gasteiger partial charge >= 0.3 is 11.9 Å². The highest BCUT2D eigenvalue weighted by Gasteiger charge is 2.33. The third-order valence-electron chi connectivity index (χ3n) is 3.14. The number of carboxylic acid groups (broad SMARTS) is 1. The number of amides is 2. The second-order valence-electron chi connectivity index (χ2n) is 4.66. The molecule has 1 aliphatic heterocycles. The van der Waals surface area contributed by atoms with E-state index >= 15 is 0 Å². The van der Waals surface area contributed by atoms with E-state index in [1.54, 1.807) is 6.92 Å². The standard InChI is InChI=1S/C13H20N2O6/c1-2-21-12(19)8-14-13(20)9-4-3-7-15(9)10(16)5-6-11(17)18/h9H,2-8H2,1H3,(H,14,20)(H,17,18). The summed E-state index contributed by atoms with van der Waals surface area (Å²) in [5.74, 6) is -2.35. The topological polar surface area (TPSA) is 113 Å². The van der Waals surface area contributed by atoms with Gasteiger partial charge in [-0.25, -0.2) is 0 Å². The van der Waals surface area contributed by atoms with E-state index < -0.39 is 23.9 Å². The van der Waals surface area contributed by atoms with Crippen LogP contribution in [-0.2, 0) is 23.9 Å². The van der Waals surface area contributed by atoms with Crippen molar-refractivity contribution < 1.29 is 29.0 Å². The number of nitrogens with one attached hydrogen (secondary N) is 1. The number of carboxylic acids is 1. The van der Waals surface area contributed by atoms with Crippen molar-refractivity contribution >= 4 is 23.8 Å². The number of esters is 1. The van der Waals surface area contributed by atoms with E-state index in [1.807, 2.05) is 0 Å². The van der Waals surface area contributed by atoms with Gasteiger partial charge in [-0.15, -0.1) is 0 Å². The Morgan fingerprint density at radius 1 is 1.29 bits per heavy atom. The first-order chi connectivity index (χ1) is 9.95. The van der Waals surface area contributed by atoms with Crippen molar-refractivity contribution in [1.29, 1.82) is 0 Å². The molecule has 0 spiro atoms. The van der Waals surface area contributed by atoms with E-state index in [0.717, 1.165) is 0 Å². The molecule has 0 saturated carbocycles. The van der Waals surface area contributed by atoms with E-state index in [-0.39, 0.29) is 31.9 Å². The first-order valence-electron chi connectivity index (χ1n) is 6.90. The zero-order chi connectivity index (χ0) is 15.8. The molecule has 8 heteroatoms. The Morgan fingerprint density at radius 2 is 2.00 bits per heavy atom. The molecule has 0 aromatic rings. The average Bonchev–Trinajstić information content (AvgIpc) is 2.92. The van der Waals surface area contributed by atoms with E-state index in [0.29, 0.717) is 19.4 Å². The van der Waals surface area contributed by atoms with Gasteiger partial charge in [0.2, 0.25) is 11.8 Å². The lowest BCUT2D eigenvalue weighted by atomic mass is 10.2. The molecule has 8 nitrogen and oxygen atoms in total. The Bertz CT molecular complexity index is 423. The molecule has 0 radical (unpaired) electrons. The lowest BCUT2D eigenvalue weighted by molar-refractivity contribution is -0.145. The summed E-state index contributed by atoms with van der Waals surface area (Å²) in [6, 6.07) is -0.638. The zero-order valence-corrected chi connectivity index (χ0v) is 12.0. The van der Waals surface area contributed by atoms with Gasteiger partial charge < -0.3 is 20.1 Å². The largest absolute Gasteiger partial charge is 0.481 e. The second-order valence-corrected chi connectivity index (χ2v) is 4.66. The van der Waals surface area contributed by atoms with E-state index in [4.69, 9.17) is 9.84 Å². The van der Waals surface area contributed by atoms with Gasteiger partial charge in [0.1, 0.15) is 12.6 Å². The lowest BCUT2D eigenvalue weighted by Gasteiger charge is -2.23. The van der Waals surface area contributed by atoms with Crippen LogP contribution in [0.1, 0.15) is 32.6 Å². The van der Waals surface area contributed by atoms with Crippen LogP contribution in [0.15, 0.2) is 0 Å². The van der Waals surface area contributed by atoms with Crippen LogP contribution in [0.5, 0.6) is 0 Å². The number of nitrogens with zero attached hydrogens (tertiary/aromatic N) is 1. The van der Waals surface area contributed by atoms with Gasteiger partial charge in [-0.3, -0.25) is 19.2 Å². The predicted octanol–water partition coefficient (Wildman–Crippen LogP) is -0.478. The van der Waals surface area contributed by atoms with Crippen LogP contribution in [-0.4, -0.2) is 59.5 Å². The normalized spacial score (nSPS) is 17.4.